The zero-order chi connectivity index (χ0) is 17.5. The summed E-state index contributed by atoms with van der Waals surface area (Å²) in [7, 11) is 0. The number of amides is 2. The van der Waals surface area contributed by atoms with Gasteiger partial charge in [-0.15, -0.1) is 0 Å². The summed E-state index contributed by atoms with van der Waals surface area (Å²) < 4.78 is 0. The van der Waals surface area contributed by atoms with E-state index in [-0.39, 0.29) is 6.03 Å². The van der Waals surface area contributed by atoms with Crippen LogP contribution in [0.2, 0.25) is 0 Å². The van der Waals surface area contributed by atoms with Crippen LogP contribution in [0.25, 0.3) is 0 Å². The number of hydrogen-bond acceptors (Lipinski definition) is 4. The van der Waals surface area contributed by atoms with Gasteiger partial charge in [-0.25, -0.2) is 4.79 Å². The third-order valence-electron chi connectivity index (χ3n) is 5.40. The third kappa shape index (κ3) is 5.16. The number of carbonyl (C=O) groups excluding carboxylic acids is 1. The highest BCUT2D eigenvalue weighted by atomic mass is 16.2. The van der Waals surface area contributed by atoms with Gasteiger partial charge in [0.1, 0.15) is 0 Å². The van der Waals surface area contributed by atoms with Crippen molar-refractivity contribution < 1.29 is 4.79 Å². The molecule has 2 aliphatic rings. The number of likely N-dealkylation sites (tertiary alicyclic amines) is 1. The van der Waals surface area contributed by atoms with Crippen molar-refractivity contribution in [2.75, 3.05) is 45.8 Å². The first-order chi connectivity index (χ1) is 12.3. The van der Waals surface area contributed by atoms with Gasteiger partial charge in [-0.1, -0.05) is 13.0 Å². The normalized spacial score (nSPS) is 22.8. The van der Waals surface area contributed by atoms with Crippen LogP contribution in [-0.4, -0.2) is 77.6 Å². The molecule has 2 aliphatic heterocycles. The first kappa shape index (κ1) is 18.1. The molecule has 2 fully saturated rings. The number of urea groups is 1. The van der Waals surface area contributed by atoms with Crippen LogP contribution in [-0.2, 0) is 6.54 Å². The van der Waals surface area contributed by atoms with Crippen LogP contribution in [0.5, 0.6) is 0 Å². The Morgan fingerprint density at radius 3 is 2.96 bits per heavy atom. The lowest BCUT2D eigenvalue weighted by molar-refractivity contribution is 0.191. The molecule has 0 aromatic carbocycles. The zero-order valence-electron chi connectivity index (χ0n) is 15.4. The van der Waals surface area contributed by atoms with Crippen molar-refractivity contribution in [1.29, 1.82) is 0 Å². The summed E-state index contributed by atoms with van der Waals surface area (Å²) in [4.78, 5) is 23.6. The van der Waals surface area contributed by atoms with E-state index in [1.165, 1.54) is 24.9 Å². The number of carbonyl (C=O) groups is 1. The highest BCUT2D eigenvalue weighted by Gasteiger charge is 2.25. The van der Waals surface area contributed by atoms with E-state index in [9.17, 15) is 4.79 Å². The van der Waals surface area contributed by atoms with Gasteiger partial charge in [-0.05, 0) is 44.0 Å². The number of pyridine rings is 1. The van der Waals surface area contributed by atoms with Crippen LogP contribution in [0, 0.1) is 0 Å². The van der Waals surface area contributed by atoms with Gasteiger partial charge in [0.05, 0.1) is 0 Å². The molecule has 0 radical (unpaired) electrons. The maximum absolute atomic E-state index is 12.5. The fourth-order valence-corrected chi connectivity index (χ4v) is 3.94. The standard InChI is InChI=1S/C19H31N5O/c1-2-23-10-4-7-18(23)15-21-19(25)24-11-5-9-22(12-13-24)16-17-6-3-8-20-14-17/h3,6,8,14,18H,2,4-5,7,9-13,15-16H2,1H3,(H,21,25)/t18-/m0/s1. The third-order valence-corrected chi connectivity index (χ3v) is 5.40. The second-order valence-electron chi connectivity index (χ2n) is 7.09. The maximum atomic E-state index is 12.5. The molecule has 3 rings (SSSR count). The molecule has 2 saturated heterocycles. The van der Waals surface area contributed by atoms with Crippen molar-refractivity contribution in [2.24, 2.45) is 0 Å². The topological polar surface area (TPSA) is 51.7 Å². The van der Waals surface area contributed by atoms with Gasteiger partial charge in [-0.2, -0.15) is 0 Å². The average molecular weight is 345 g/mol. The van der Waals surface area contributed by atoms with E-state index in [2.05, 4.69) is 33.1 Å². The van der Waals surface area contributed by atoms with Crippen LogP contribution in [0.1, 0.15) is 31.7 Å². The number of nitrogens with zero attached hydrogens (tertiary/aromatic N) is 4. The van der Waals surface area contributed by atoms with E-state index in [0.717, 1.165) is 52.2 Å². The minimum atomic E-state index is 0.103. The molecule has 3 heterocycles. The second-order valence-corrected chi connectivity index (χ2v) is 7.09. The lowest BCUT2D eigenvalue weighted by atomic mass is 10.2. The Hall–Kier alpha value is -1.66. The Balaban J connectivity index is 1.43. The Bertz CT molecular complexity index is 538. The fraction of sp³-hybridized carbons (Fsp3) is 0.684. The summed E-state index contributed by atoms with van der Waals surface area (Å²) in [5, 5.41) is 3.17. The van der Waals surface area contributed by atoms with Crippen LogP contribution >= 0.6 is 0 Å². The maximum Gasteiger partial charge on any atom is 0.317 e. The molecule has 1 atom stereocenters. The zero-order valence-corrected chi connectivity index (χ0v) is 15.4. The molecule has 0 saturated carbocycles. The van der Waals surface area contributed by atoms with Crippen LogP contribution in [0.15, 0.2) is 24.5 Å². The van der Waals surface area contributed by atoms with E-state index >= 15 is 0 Å². The number of nitrogens with one attached hydrogen (secondary N) is 1. The van der Waals surface area contributed by atoms with Gasteiger partial charge in [-0.3, -0.25) is 14.8 Å². The summed E-state index contributed by atoms with van der Waals surface area (Å²) in [6.45, 7) is 9.74. The van der Waals surface area contributed by atoms with Gasteiger partial charge >= 0.3 is 6.03 Å². The van der Waals surface area contributed by atoms with E-state index < -0.39 is 0 Å². The summed E-state index contributed by atoms with van der Waals surface area (Å²) >= 11 is 0. The molecule has 25 heavy (non-hydrogen) atoms. The van der Waals surface area contributed by atoms with E-state index in [0.29, 0.717) is 6.04 Å². The van der Waals surface area contributed by atoms with Crippen molar-refractivity contribution in [3.05, 3.63) is 30.1 Å². The summed E-state index contributed by atoms with van der Waals surface area (Å²) in [5.74, 6) is 0. The lowest BCUT2D eigenvalue weighted by Crippen LogP contribution is -2.46. The number of aromatic nitrogens is 1. The van der Waals surface area contributed by atoms with Crippen LogP contribution < -0.4 is 5.32 Å². The Morgan fingerprint density at radius 1 is 1.24 bits per heavy atom. The second kappa shape index (κ2) is 9.15. The highest BCUT2D eigenvalue weighted by molar-refractivity contribution is 5.74. The molecule has 0 aliphatic carbocycles. The van der Waals surface area contributed by atoms with Crippen molar-refractivity contribution in [2.45, 2.75) is 38.8 Å². The van der Waals surface area contributed by atoms with Gasteiger partial charge < -0.3 is 10.2 Å². The lowest BCUT2D eigenvalue weighted by Gasteiger charge is -2.26. The quantitative estimate of drug-likeness (QED) is 0.884. The molecular formula is C19H31N5O. The average Bonchev–Trinajstić information content (AvgIpc) is 2.98. The molecule has 0 unspecified atom stereocenters. The van der Waals surface area contributed by atoms with E-state index in [4.69, 9.17) is 0 Å². The summed E-state index contributed by atoms with van der Waals surface area (Å²) in [6.07, 6.45) is 7.21. The van der Waals surface area contributed by atoms with Gasteiger partial charge in [0.25, 0.3) is 0 Å². The fourth-order valence-electron chi connectivity index (χ4n) is 3.94. The van der Waals surface area contributed by atoms with Crippen molar-refractivity contribution in [3.8, 4) is 0 Å². The highest BCUT2D eigenvalue weighted by Crippen LogP contribution is 2.15. The molecule has 0 bridgehead atoms. The molecule has 138 valence electrons. The predicted molar refractivity (Wildman–Crippen MR) is 99.4 cm³/mol. The smallest absolute Gasteiger partial charge is 0.317 e. The summed E-state index contributed by atoms with van der Waals surface area (Å²) in [5.41, 5.74) is 1.24. The van der Waals surface area contributed by atoms with Crippen molar-refractivity contribution >= 4 is 6.03 Å². The minimum Gasteiger partial charge on any atom is -0.336 e. The molecule has 1 aromatic heterocycles. The van der Waals surface area contributed by atoms with Gasteiger partial charge in [0, 0.05) is 57.7 Å². The monoisotopic (exact) mass is 345 g/mol. The summed E-state index contributed by atoms with van der Waals surface area (Å²) in [6, 6.07) is 4.72. The first-order valence-corrected chi connectivity index (χ1v) is 9.64. The molecule has 1 aromatic rings. The molecule has 6 nitrogen and oxygen atoms in total. The SMILES string of the molecule is CCN1CCC[C@H]1CNC(=O)N1CCCN(Cc2cccnc2)CC1. The van der Waals surface area contributed by atoms with E-state index in [1.807, 2.05) is 23.4 Å². The number of rotatable bonds is 5. The minimum absolute atomic E-state index is 0.103. The number of likely N-dealkylation sites (N-methyl/N-ethyl adjacent to an activating group) is 1. The molecular weight excluding hydrogens is 314 g/mol. The molecule has 0 spiro atoms. The largest absolute Gasteiger partial charge is 0.336 e. The molecule has 2 amide bonds. The Kier molecular flexibility index (Phi) is 6.64. The molecule has 6 heteroatoms. The van der Waals surface area contributed by atoms with Crippen LogP contribution in [0.4, 0.5) is 4.79 Å². The number of hydrogen-bond donors (Lipinski definition) is 1. The van der Waals surface area contributed by atoms with Crippen molar-refractivity contribution in [3.63, 3.8) is 0 Å². The predicted octanol–water partition coefficient (Wildman–Crippen LogP) is 1.78. The van der Waals surface area contributed by atoms with Gasteiger partial charge in [0.15, 0.2) is 0 Å². The Morgan fingerprint density at radius 2 is 2.16 bits per heavy atom. The van der Waals surface area contributed by atoms with E-state index in [1.54, 1.807) is 0 Å². The first-order valence-electron chi connectivity index (χ1n) is 9.64. The van der Waals surface area contributed by atoms with Crippen LogP contribution in [0.3, 0.4) is 0 Å². The Labute approximate surface area is 151 Å². The van der Waals surface area contributed by atoms with Crippen molar-refractivity contribution in [1.82, 2.24) is 25.0 Å². The van der Waals surface area contributed by atoms with Gasteiger partial charge in [0.2, 0.25) is 0 Å². The molecule has 1 N–H and O–H groups in total.